The summed E-state index contributed by atoms with van der Waals surface area (Å²) in [6.45, 7) is 0.199. The van der Waals surface area contributed by atoms with E-state index < -0.39 is 19.8 Å². The predicted octanol–water partition coefficient (Wildman–Crippen LogP) is 1.03. The fraction of sp³-hybridized carbons (Fsp3) is 0.273. The number of hydrogen-bond acceptors (Lipinski definition) is 5. The van der Waals surface area contributed by atoms with Crippen LogP contribution in [0.3, 0.4) is 0 Å². The highest BCUT2D eigenvalue weighted by molar-refractivity contribution is 7.89. The number of unbranched alkanes of at least 4 members (excludes halogenated alkanes) is 1. The van der Waals surface area contributed by atoms with Gasteiger partial charge in [0.1, 0.15) is 10.6 Å². The summed E-state index contributed by atoms with van der Waals surface area (Å²) < 4.78 is 27.9. The number of benzene rings is 1. The lowest BCUT2D eigenvalue weighted by Crippen LogP contribution is -2.14. The Kier molecular flexibility index (Phi) is 4.86. The second-order valence-electron chi connectivity index (χ2n) is 3.59. The van der Waals surface area contributed by atoms with Gasteiger partial charge in [-0.1, -0.05) is 0 Å². The van der Waals surface area contributed by atoms with E-state index >= 15 is 0 Å². The third-order valence-electron chi connectivity index (χ3n) is 2.17. The zero-order valence-electron chi connectivity index (χ0n) is 9.90. The Morgan fingerprint density at radius 2 is 2.16 bits per heavy atom. The molecule has 0 spiro atoms. The molecule has 1 aromatic carbocycles. The van der Waals surface area contributed by atoms with Crippen molar-refractivity contribution in [2.24, 2.45) is 5.14 Å². The van der Waals surface area contributed by atoms with Crippen molar-refractivity contribution in [3.8, 4) is 18.1 Å². The lowest BCUT2D eigenvalue weighted by Gasteiger charge is -2.09. The molecule has 0 atom stereocenters. The lowest BCUT2D eigenvalue weighted by molar-refractivity contribution is -0.385. The van der Waals surface area contributed by atoms with Gasteiger partial charge in [0.2, 0.25) is 10.0 Å². The van der Waals surface area contributed by atoms with E-state index in [1.54, 1.807) is 0 Å². The van der Waals surface area contributed by atoms with Crippen LogP contribution in [0.25, 0.3) is 0 Å². The highest BCUT2D eigenvalue weighted by Gasteiger charge is 2.19. The van der Waals surface area contributed by atoms with Crippen molar-refractivity contribution in [1.29, 1.82) is 0 Å². The summed E-state index contributed by atoms with van der Waals surface area (Å²) in [6, 6.07) is 3.21. The normalized spacial score (nSPS) is 10.7. The molecule has 0 saturated heterocycles. The van der Waals surface area contributed by atoms with E-state index in [0.717, 1.165) is 12.1 Å². The van der Waals surface area contributed by atoms with Crippen LogP contribution in [-0.4, -0.2) is 19.9 Å². The van der Waals surface area contributed by atoms with E-state index in [4.69, 9.17) is 16.3 Å². The number of rotatable bonds is 6. The number of primary sulfonamides is 1. The Hall–Kier alpha value is -2.11. The van der Waals surface area contributed by atoms with Crippen molar-refractivity contribution in [3.63, 3.8) is 0 Å². The summed E-state index contributed by atoms with van der Waals surface area (Å²) in [7, 11) is -4.10. The van der Waals surface area contributed by atoms with E-state index in [1.165, 1.54) is 6.07 Å². The number of sulfonamides is 1. The first kappa shape index (κ1) is 14.9. The van der Waals surface area contributed by atoms with Gasteiger partial charge in [0.05, 0.1) is 11.5 Å². The third kappa shape index (κ3) is 4.24. The smallest absolute Gasteiger partial charge is 0.271 e. The average molecular weight is 284 g/mol. The van der Waals surface area contributed by atoms with Crippen LogP contribution in [0, 0.1) is 22.5 Å². The zero-order valence-corrected chi connectivity index (χ0v) is 10.7. The first-order valence-electron chi connectivity index (χ1n) is 5.23. The van der Waals surface area contributed by atoms with Crippen LogP contribution in [0.4, 0.5) is 5.69 Å². The van der Waals surface area contributed by atoms with Gasteiger partial charge in [-0.2, -0.15) is 0 Å². The van der Waals surface area contributed by atoms with Crippen LogP contribution < -0.4 is 9.88 Å². The van der Waals surface area contributed by atoms with Crippen molar-refractivity contribution in [2.45, 2.75) is 17.7 Å². The zero-order chi connectivity index (χ0) is 14.5. The number of nitrogens with zero attached hydrogens (tertiary/aromatic N) is 1. The number of nitro groups is 1. The Labute approximate surface area is 110 Å². The van der Waals surface area contributed by atoms with Crippen LogP contribution in [0.15, 0.2) is 23.1 Å². The van der Waals surface area contributed by atoms with Crippen LogP contribution >= 0.6 is 0 Å². The van der Waals surface area contributed by atoms with Gasteiger partial charge in [-0.05, 0) is 12.5 Å². The molecule has 8 heteroatoms. The maximum Gasteiger partial charge on any atom is 0.271 e. The topological polar surface area (TPSA) is 113 Å². The minimum absolute atomic E-state index is 0.0230. The standard InChI is InChI=1S/C11H12N2O5S/c1-2-3-4-7-18-10-6-5-9(13(14)15)8-11(10)19(12,16)17/h1,5-6,8H,3-4,7H2,(H2,12,16,17). The highest BCUT2D eigenvalue weighted by atomic mass is 32.2. The van der Waals surface area contributed by atoms with E-state index in [0.29, 0.717) is 12.8 Å². The fourth-order valence-electron chi connectivity index (χ4n) is 1.31. The quantitative estimate of drug-likeness (QED) is 0.363. The molecule has 0 radical (unpaired) electrons. The van der Waals surface area contributed by atoms with Gasteiger partial charge in [-0.25, -0.2) is 13.6 Å². The maximum absolute atomic E-state index is 11.4. The monoisotopic (exact) mass is 284 g/mol. The molecule has 0 aliphatic heterocycles. The molecule has 0 aromatic heterocycles. The Balaban J connectivity index is 3.04. The molecule has 19 heavy (non-hydrogen) atoms. The summed E-state index contributed by atoms with van der Waals surface area (Å²) in [4.78, 5) is 9.47. The van der Waals surface area contributed by atoms with Crippen molar-refractivity contribution >= 4 is 15.7 Å². The molecule has 2 N–H and O–H groups in total. The number of terminal acetylenes is 1. The van der Waals surface area contributed by atoms with Gasteiger partial charge in [-0.3, -0.25) is 10.1 Å². The van der Waals surface area contributed by atoms with E-state index in [-0.39, 0.29) is 18.0 Å². The molecule has 1 aromatic rings. The van der Waals surface area contributed by atoms with E-state index in [1.807, 2.05) is 0 Å². The van der Waals surface area contributed by atoms with Gasteiger partial charge < -0.3 is 4.74 Å². The van der Waals surface area contributed by atoms with Gasteiger partial charge in [-0.15, -0.1) is 12.3 Å². The van der Waals surface area contributed by atoms with Gasteiger partial charge in [0.25, 0.3) is 5.69 Å². The first-order valence-corrected chi connectivity index (χ1v) is 6.78. The third-order valence-corrected chi connectivity index (χ3v) is 3.10. The molecular formula is C11H12N2O5S. The van der Waals surface area contributed by atoms with Crippen LogP contribution in [0.2, 0.25) is 0 Å². The molecule has 0 unspecified atom stereocenters. The number of ether oxygens (including phenoxy) is 1. The van der Waals surface area contributed by atoms with Gasteiger partial charge in [0.15, 0.2) is 0 Å². The van der Waals surface area contributed by atoms with Crippen molar-refractivity contribution in [1.82, 2.24) is 0 Å². The molecule has 0 heterocycles. The molecule has 0 fully saturated rings. The SMILES string of the molecule is C#CCCCOc1ccc([N+](=O)[O-])cc1S(N)(=O)=O. The lowest BCUT2D eigenvalue weighted by atomic mass is 10.3. The summed E-state index contributed by atoms with van der Waals surface area (Å²) in [5.74, 6) is 2.39. The highest BCUT2D eigenvalue weighted by Crippen LogP contribution is 2.27. The minimum atomic E-state index is -4.10. The van der Waals surface area contributed by atoms with Gasteiger partial charge >= 0.3 is 0 Å². The summed E-state index contributed by atoms with van der Waals surface area (Å²) in [6.07, 6.45) is 6.09. The van der Waals surface area contributed by atoms with Crippen molar-refractivity contribution in [2.75, 3.05) is 6.61 Å². The maximum atomic E-state index is 11.4. The van der Waals surface area contributed by atoms with Crippen LogP contribution in [0.1, 0.15) is 12.8 Å². The molecule has 0 saturated carbocycles. The van der Waals surface area contributed by atoms with Crippen LogP contribution in [0.5, 0.6) is 5.75 Å². The summed E-state index contributed by atoms with van der Waals surface area (Å²) in [5, 5.41) is 15.6. The number of hydrogen-bond donors (Lipinski definition) is 1. The molecule has 0 bridgehead atoms. The number of non-ortho nitro benzene ring substituents is 1. The Morgan fingerprint density at radius 3 is 2.68 bits per heavy atom. The van der Waals surface area contributed by atoms with Gasteiger partial charge in [0, 0.05) is 18.6 Å². The minimum Gasteiger partial charge on any atom is -0.492 e. The molecule has 7 nitrogen and oxygen atoms in total. The second-order valence-corrected chi connectivity index (χ2v) is 5.12. The fourth-order valence-corrected chi connectivity index (χ4v) is 2.00. The molecule has 1 rings (SSSR count). The molecule has 0 aliphatic carbocycles. The van der Waals surface area contributed by atoms with E-state index in [2.05, 4.69) is 5.92 Å². The molecule has 0 aliphatic rings. The van der Waals surface area contributed by atoms with Crippen LogP contribution in [-0.2, 0) is 10.0 Å². The number of nitrogens with two attached hydrogens (primary N) is 1. The molecular weight excluding hydrogens is 272 g/mol. The largest absolute Gasteiger partial charge is 0.492 e. The Morgan fingerprint density at radius 1 is 1.47 bits per heavy atom. The summed E-state index contributed by atoms with van der Waals surface area (Å²) >= 11 is 0. The summed E-state index contributed by atoms with van der Waals surface area (Å²) in [5.41, 5.74) is -0.375. The molecule has 0 amide bonds. The Bertz CT molecular complexity index is 618. The first-order chi connectivity index (χ1) is 8.86. The van der Waals surface area contributed by atoms with Crippen molar-refractivity contribution < 1.29 is 18.1 Å². The second kappa shape index (κ2) is 6.17. The van der Waals surface area contributed by atoms with E-state index in [9.17, 15) is 18.5 Å². The van der Waals surface area contributed by atoms with Crippen molar-refractivity contribution in [3.05, 3.63) is 28.3 Å². The number of nitro benzene ring substituents is 1. The predicted molar refractivity (Wildman–Crippen MR) is 68.0 cm³/mol. The molecule has 102 valence electrons. The average Bonchev–Trinajstić information content (AvgIpc) is 2.33.